The van der Waals surface area contributed by atoms with E-state index in [1.165, 1.54) is 4.90 Å². The lowest BCUT2D eigenvalue weighted by molar-refractivity contribution is -0.137. The summed E-state index contributed by atoms with van der Waals surface area (Å²) in [5.41, 5.74) is 2.95. The Labute approximate surface area is 170 Å². The summed E-state index contributed by atoms with van der Waals surface area (Å²) >= 11 is 0. The molecule has 3 aromatic rings. The van der Waals surface area contributed by atoms with Gasteiger partial charge in [-0.15, -0.1) is 0 Å². The number of aryl methyl sites for hydroxylation is 2. The summed E-state index contributed by atoms with van der Waals surface area (Å²) in [5.74, 6) is 2.00. The molecule has 2 aromatic carbocycles. The first-order valence-corrected chi connectivity index (χ1v) is 9.32. The van der Waals surface area contributed by atoms with Gasteiger partial charge in [-0.2, -0.15) is 4.98 Å². The van der Waals surface area contributed by atoms with Crippen molar-refractivity contribution in [2.24, 2.45) is 0 Å². The first kappa shape index (κ1) is 20.4. The summed E-state index contributed by atoms with van der Waals surface area (Å²) < 4.78 is 16.3. The summed E-state index contributed by atoms with van der Waals surface area (Å²) in [6.07, 6.45) is -0.637. The van der Waals surface area contributed by atoms with Crippen LogP contribution in [0.1, 0.15) is 23.9 Å². The van der Waals surface area contributed by atoms with Crippen LogP contribution in [0.3, 0.4) is 0 Å². The largest absolute Gasteiger partial charge is 0.497 e. The molecule has 0 fully saturated rings. The maximum Gasteiger partial charge on any atom is 0.263 e. The van der Waals surface area contributed by atoms with Gasteiger partial charge < -0.3 is 18.9 Å². The van der Waals surface area contributed by atoms with Crippen molar-refractivity contribution < 1.29 is 18.8 Å². The van der Waals surface area contributed by atoms with Crippen LogP contribution >= 0.6 is 0 Å². The molecule has 1 unspecified atom stereocenters. The van der Waals surface area contributed by atoms with Gasteiger partial charge in [0.2, 0.25) is 11.7 Å². The van der Waals surface area contributed by atoms with E-state index in [4.69, 9.17) is 14.0 Å². The highest BCUT2D eigenvalue weighted by Crippen LogP contribution is 2.22. The van der Waals surface area contributed by atoms with Gasteiger partial charge in [0.05, 0.1) is 13.7 Å². The molecule has 1 atom stereocenters. The third kappa shape index (κ3) is 5.13. The van der Waals surface area contributed by atoms with Crippen molar-refractivity contribution in [3.8, 4) is 22.9 Å². The summed E-state index contributed by atoms with van der Waals surface area (Å²) in [6, 6.07) is 13.3. The second-order valence-corrected chi connectivity index (χ2v) is 7.02. The number of hydrogen-bond donors (Lipinski definition) is 0. The molecule has 1 heterocycles. The van der Waals surface area contributed by atoms with E-state index >= 15 is 0 Å². The molecule has 29 heavy (non-hydrogen) atoms. The Hall–Kier alpha value is -3.35. The molecule has 0 aliphatic rings. The Morgan fingerprint density at radius 2 is 1.86 bits per heavy atom. The highest BCUT2D eigenvalue weighted by molar-refractivity contribution is 5.80. The van der Waals surface area contributed by atoms with Crippen molar-refractivity contribution in [2.75, 3.05) is 14.2 Å². The number of ether oxygens (including phenoxy) is 2. The number of aromatic nitrogens is 2. The summed E-state index contributed by atoms with van der Waals surface area (Å²) in [6.45, 7) is 5.91. The van der Waals surface area contributed by atoms with E-state index in [2.05, 4.69) is 16.2 Å². The van der Waals surface area contributed by atoms with E-state index in [0.717, 1.165) is 16.7 Å². The van der Waals surface area contributed by atoms with Crippen LogP contribution in [0, 0.1) is 13.8 Å². The van der Waals surface area contributed by atoms with Gasteiger partial charge in [0, 0.05) is 12.6 Å². The Kier molecular flexibility index (Phi) is 6.16. The Morgan fingerprint density at radius 1 is 1.14 bits per heavy atom. The van der Waals surface area contributed by atoms with Gasteiger partial charge in [-0.25, -0.2) is 0 Å². The van der Waals surface area contributed by atoms with Crippen LogP contribution < -0.4 is 9.47 Å². The average Bonchev–Trinajstić information content (AvgIpc) is 3.15. The van der Waals surface area contributed by atoms with E-state index < -0.39 is 6.10 Å². The lowest BCUT2D eigenvalue weighted by Gasteiger charge is -2.21. The van der Waals surface area contributed by atoms with Crippen molar-refractivity contribution in [1.82, 2.24) is 15.0 Å². The lowest BCUT2D eigenvalue weighted by atomic mass is 10.1. The molecule has 0 bridgehead atoms. The molecule has 0 aliphatic carbocycles. The molecule has 7 nitrogen and oxygen atoms in total. The van der Waals surface area contributed by atoms with Crippen LogP contribution in [0.25, 0.3) is 11.4 Å². The van der Waals surface area contributed by atoms with Gasteiger partial charge in [-0.05, 0) is 56.2 Å². The van der Waals surface area contributed by atoms with Crippen LogP contribution in [0.2, 0.25) is 0 Å². The monoisotopic (exact) mass is 395 g/mol. The van der Waals surface area contributed by atoms with Crippen molar-refractivity contribution in [1.29, 1.82) is 0 Å². The standard InChI is InChI=1S/C22H25N3O4/c1-14-9-15(2)11-19(10-14)28-16(3)22(26)25(4)13-20-23-21(24-29-20)17-7-6-8-18(12-17)27-5/h6-12,16H,13H2,1-5H3. The normalized spacial score (nSPS) is 11.8. The number of nitrogens with zero attached hydrogens (tertiary/aromatic N) is 3. The molecule has 1 aromatic heterocycles. The fourth-order valence-corrected chi connectivity index (χ4v) is 3.05. The molecule has 7 heteroatoms. The van der Waals surface area contributed by atoms with Gasteiger partial charge in [0.15, 0.2) is 6.10 Å². The maximum atomic E-state index is 12.7. The molecular formula is C22H25N3O4. The highest BCUT2D eigenvalue weighted by atomic mass is 16.5. The number of likely N-dealkylation sites (N-methyl/N-ethyl adjacent to an activating group) is 1. The number of hydrogen-bond acceptors (Lipinski definition) is 6. The Bertz CT molecular complexity index is 979. The SMILES string of the molecule is COc1cccc(-c2noc(CN(C)C(=O)C(C)Oc3cc(C)cc(C)c3)n2)c1. The van der Waals surface area contributed by atoms with E-state index in [9.17, 15) is 4.79 Å². The van der Waals surface area contributed by atoms with Crippen molar-refractivity contribution in [3.05, 3.63) is 59.5 Å². The molecule has 1 amide bonds. The zero-order valence-electron chi connectivity index (χ0n) is 17.3. The smallest absolute Gasteiger partial charge is 0.263 e. The van der Waals surface area contributed by atoms with Gasteiger partial charge >= 0.3 is 0 Å². The Morgan fingerprint density at radius 3 is 2.55 bits per heavy atom. The molecule has 0 spiro atoms. The maximum absolute atomic E-state index is 12.7. The number of rotatable bonds is 7. The van der Waals surface area contributed by atoms with E-state index in [0.29, 0.717) is 23.2 Å². The molecule has 0 saturated heterocycles. The molecule has 152 valence electrons. The average molecular weight is 395 g/mol. The molecule has 0 N–H and O–H groups in total. The molecule has 3 rings (SSSR count). The molecule has 0 saturated carbocycles. The van der Waals surface area contributed by atoms with Gasteiger partial charge in [0.1, 0.15) is 11.5 Å². The third-order valence-corrected chi connectivity index (χ3v) is 4.40. The topological polar surface area (TPSA) is 77.7 Å². The van der Waals surface area contributed by atoms with Crippen molar-refractivity contribution in [2.45, 2.75) is 33.4 Å². The van der Waals surface area contributed by atoms with Crippen LogP contribution in [-0.4, -0.2) is 41.2 Å². The van der Waals surface area contributed by atoms with Gasteiger partial charge in [-0.1, -0.05) is 23.4 Å². The Balaban J connectivity index is 1.64. The highest BCUT2D eigenvalue weighted by Gasteiger charge is 2.22. The first-order valence-electron chi connectivity index (χ1n) is 9.32. The quantitative estimate of drug-likeness (QED) is 0.606. The predicted octanol–water partition coefficient (Wildman–Crippen LogP) is 3.79. The molecule has 0 aliphatic heterocycles. The minimum absolute atomic E-state index is 0.176. The fourth-order valence-electron chi connectivity index (χ4n) is 3.05. The lowest BCUT2D eigenvalue weighted by Crippen LogP contribution is -2.37. The van der Waals surface area contributed by atoms with Crippen LogP contribution in [0.15, 0.2) is 47.0 Å². The zero-order valence-corrected chi connectivity index (χ0v) is 17.3. The number of carbonyl (C=O) groups excluding carboxylic acids is 1. The van der Waals surface area contributed by atoms with Crippen molar-refractivity contribution in [3.63, 3.8) is 0 Å². The summed E-state index contributed by atoms with van der Waals surface area (Å²) in [4.78, 5) is 18.6. The van der Waals surface area contributed by atoms with E-state index in [1.54, 1.807) is 21.1 Å². The van der Waals surface area contributed by atoms with E-state index in [-0.39, 0.29) is 12.5 Å². The number of methoxy groups -OCH3 is 1. The fraction of sp³-hybridized carbons (Fsp3) is 0.318. The van der Waals surface area contributed by atoms with Crippen LogP contribution in [0.4, 0.5) is 0 Å². The summed E-state index contributed by atoms with van der Waals surface area (Å²) in [5, 5.41) is 4.00. The summed E-state index contributed by atoms with van der Waals surface area (Å²) in [7, 11) is 3.28. The number of amides is 1. The molecular weight excluding hydrogens is 370 g/mol. The molecule has 0 radical (unpaired) electrons. The number of benzene rings is 2. The minimum atomic E-state index is -0.637. The van der Waals surface area contributed by atoms with Crippen LogP contribution in [-0.2, 0) is 11.3 Å². The second kappa shape index (κ2) is 8.77. The first-order chi connectivity index (χ1) is 13.9. The van der Waals surface area contributed by atoms with Crippen LogP contribution in [0.5, 0.6) is 11.5 Å². The predicted molar refractivity (Wildman–Crippen MR) is 109 cm³/mol. The van der Waals surface area contributed by atoms with Gasteiger partial charge in [0.25, 0.3) is 5.91 Å². The zero-order chi connectivity index (χ0) is 21.0. The third-order valence-electron chi connectivity index (χ3n) is 4.40. The minimum Gasteiger partial charge on any atom is -0.497 e. The van der Waals surface area contributed by atoms with Gasteiger partial charge in [-0.3, -0.25) is 4.79 Å². The second-order valence-electron chi connectivity index (χ2n) is 7.02. The van der Waals surface area contributed by atoms with E-state index in [1.807, 2.05) is 50.2 Å². The van der Waals surface area contributed by atoms with Crippen molar-refractivity contribution >= 4 is 5.91 Å². The number of carbonyl (C=O) groups is 1.